The van der Waals surface area contributed by atoms with Crippen LogP contribution in [-0.4, -0.2) is 36.2 Å². The van der Waals surface area contributed by atoms with Crippen molar-refractivity contribution in [2.45, 2.75) is 52.5 Å². The van der Waals surface area contributed by atoms with Gasteiger partial charge in [-0.05, 0) is 37.0 Å². The van der Waals surface area contributed by atoms with Crippen LogP contribution in [0, 0.1) is 0 Å². The average molecular weight is 433 g/mol. The number of H-pyrrole nitrogens is 1. The molecule has 9 heteroatoms. The normalized spacial score (nSPS) is 10.7. The summed E-state index contributed by atoms with van der Waals surface area (Å²) < 4.78 is 11.9. The van der Waals surface area contributed by atoms with Gasteiger partial charge in [-0.1, -0.05) is 20.3 Å². The predicted octanol–water partition coefficient (Wildman–Crippen LogP) is 2.31. The standard InChI is InChI=1S/C22H32N4O5/c1-5-7-11-25(19-20(23)26(10-6-2)22(29)24-21(19)28)18(27)9-8-15-12-16(30-3)14-17(13-15)31-4/h12-14H,5-11,23H2,1-4H3,(H,24,28,29). The first-order valence-electron chi connectivity index (χ1n) is 10.5. The number of nitrogen functional groups attached to an aromatic ring is 1. The Bertz CT molecular complexity index is 990. The molecule has 3 N–H and O–H groups in total. The van der Waals surface area contributed by atoms with E-state index in [1.165, 1.54) is 9.47 Å². The molecule has 1 heterocycles. The summed E-state index contributed by atoms with van der Waals surface area (Å²) in [6.45, 7) is 4.60. The largest absolute Gasteiger partial charge is 0.497 e. The summed E-state index contributed by atoms with van der Waals surface area (Å²) in [5, 5.41) is 0. The van der Waals surface area contributed by atoms with E-state index in [4.69, 9.17) is 15.2 Å². The van der Waals surface area contributed by atoms with Crippen LogP contribution < -0.4 is 31.4 Å². The van der Waals surface area contributed by atoms with E-state index in [-0.39, 0.29) is 23.8 Å². The molecular formula is C22H32N4O5. The number of amides is 1. The predicted molar refractivity (Wildman–Crippen MR) is 121 cm³/mol. The molecule has 2 rings (SSSR count). The van der Waals surface area contributed by atoms with Crippen molar-refractivity contribution in [3.05, 3.63) is 44.6 Å². The van der Waals surface area contributed by atoms with Crippen LogP contribution in [-0.2, 0) is 17.8 Å². The van der Waals surface area contributed by atoms with E-state index < -0.39 is 11.2 Å². The van der Waals surface area contributed by atoms with Gasteiger partial charge < -0.3 is 20.1 Å². The number of carbonyl (C=O) groups excluding carboxylic acids is 1. The number of aromatic amines is 1. The number of hydrogen-bond donors (Lipinski definition) is 2. The molecule has 0 aliphatic carbocycles. The second kappa shape index (κ2) is 11.2. The molecule has 0 spiro atoms. The highest BCUT2D eigenvalue weighted by molar-refractivity contribution is 5.95. The van der Waals surface area contributed by atoms with Crippen molar-refractivity contribution in [2.75, 3.05) is 31.4 Å². The molecule has 2 aromatic rings. The highest BCUT2D eigenvalue weighted by Crippen LogP contribution is 2.24. The van der Waals surface area contributed by atoms with Crippen LogP contribution in [0.25, 0.3) is 0 Å². The summed E-state index contributed by atoms with van der Waals surface area (Å²) in [5.74, 6) is 1.05. The second-order valence-corrected chi connectivity index (χ2v) is 7.26. The third-order valence-electron chi connectivity index (χ3n) is 5.01. The fraction of sp³-hybridized carbons (Fsp3) is 0.500. The van der Waals surface area contributed by atoms with Crippen molar-refractivity contribution < 1.29 is 14.3 Å². The molecule has 0 fully saturated rings. The highest BCUT2D eigenvalue weighted by Gasteiger charge is 2.23. The van der Waals surface area contributed by atoms with E-state index in [9.17, 15) is 14.4 Å². The van der Waals surface area contributed by atoms with Gasteiger partial charge in [-0.15, -0.1) is 0 Å². The van der Waals surface area contributed by atoms with Gasteiger partial charge in [0.15, 0.2) is 5.69 Å². The molecule has 0 atom stereocenters. The third kappa shape index (κ3) is 5.90. The molecule has 0 bridgehead atoms. The number of anilines is 2. The van der Waals surface area contributed by atoms with Crippen molar-refractivity contribution in [1.82, 2.24) is 9.55 Å². The van der Waals surface area contributed by atoms with Crippen molar-refractivity contribution in [3.63, 3.8) is 0 Å². The topological polar surface area (TPSA) is 120 Å². The Kier molecular flexibility index (Phi) is 8.72. The number of nitrogens with zero attached hydrogens (tertiary/aromatic N) is 2. The molecule has 31 heavy (non-hydrogen) atoms. The summed E-state index contributed by atoms with van der Waals surface area (Å²) in [5.41, 5.74) is 5.87. The van der Waals surface area contributed by atoms with Gasteiger partial charge in [0.25, 0.3) is 5.56 Å². The molecule has 0 aliphatic rings. The van der Waals surface area contributed by atoms with Crippen LogP contribution in [0.15, 0.2) is 27.8 Å². The SMILES string of the molecule is CCCCN(C(=O)CCc1cc(OC)cc(OC)c1)c1c(N)n(CCC)c(=O)[nH]c1=O. The summed E-state index contributed by atoms with van der Waals surface area (Å²) in [6.07, 6.45) is 2.79. The summed E-state index contributed by atoms with van der Waals surface area (Å²) >= 11 is 0. The van der Waals surface area contributed by atoms with Crippen molar-refractivity contribution >= 4 is 17.4 Å². The lowest BCUT2D eigenvalue weighted by atomic mass is 10.1. The minimum atomic E-state index is -0.651. The van der Waals surface area contributed by atoms with Crippen LogP contribution in [0.1, 0.15) is 45.1 Å². The lowest BCUT2D eigenvalue weighted by Crippen LogP contribution is -2.41. The molecule has 9 nitrogen and oxygen atoms in total. The number of rotatable bonds is 11. The van der Waals surface area contributed by atoms with Gasteiger partial charge in [0, 0.05) is 25.6 Å². The number of nitrogens with two attached hydrogens (primary N) is 1. The zero-order chi connectivity index (χ0) is 23.0. The number of hydrogen-bond acceptors (Lipinski definition) is 6. The Morgan fingerprint density at radius 2 is 1.74 bits per heavy atom. The van der Waals surface area contributed by atoms with Gasteiger partial charge in [0.1, 0.15) is 17.3 Å². The Morgan fingerprint density at radius 1 is 1.10 bits per heavy atom. The number of benzene rings is 1. The zero-order valence-electron chi connectivity index (χ0n) is 18.7. The fourth-order valence-electron chi connectivity index (χ4n) is 3.36. The van der Waals surface area contributed by atoms with E-state index in [0.717, 1.165) is 12.0 Å². The molecular weight excluding hydrogens is 400 g/mol. The Morgan fingerprint density at radius 3 is 2.29 bits per heavy atom. The van der Waals surface area contributed by atoms with Gasteiger partial charge in [-0.2, -0.15) is 0 Å². The van der Waals surface area contributed by atoms with Gasteiger partial charge in [-0.25, -0.2) is 4.79 Å². The van der Waals surface area contributed by atoms with Crippen LogP contribution >= 0.6 is 0 Å². The number of ether oxygens (including phenoxy) is 2. The quantitative estimate of drug-likeness (QED) is 0.562. The lowest BCUT2D eigenvalue weighted by molar-refractivity contribution is -0.118. The number of unbranched alkanes of at least 4 members (excludes halogenated alkanes) is 1. The smallest absolute Gasteiger partial charge is 0.330 e. The molecule has 170 valence electrons. The molecule has 0 radical (unpaired) electrons. The second-order valence-electron chi connectivity index (χ2n) is 7.26. The number of aromatic nitrogens is 2. The van der Waals surface area contributed by atoms with Crippen LogP contribution in [0.5, 0.6) is 11.5 Å². The zero-order valence-corrected chi connectivity index (χ0v) is 18.7. The molecule has 1 aromatic heterocycles. The Hall–Kier alpha value is -3.23. The molecule has 1 amide bonds. The third-order valence-corrected chi connectivity index (χ3v) is 5.01. The van der Waals surface area contributed by atoms with Crippen molar-refractivity contribution in [3.8, 4) is 11.5 Å². The molecule has 1 aromatic carbocycles. The van der Waals surface area contributed by atoms with Gasteiger partial charge in [0.2, 0.25) is 5.91 Å². The Balaban J connectivity index is 2.35. The monoisotopic (exact) mass is 432 g/mol. The van der Waals surface area contributed by atoms with Crippen molar-refractivity contribution in [1.29, 1.82) is 0 Å². The van der Waals surface area contributed by atoms with E-state index in [1.807, 2.05) is 26.0 Å². The summed E-state index contributed by atoms with van der Waals surface area (Å²) in [7, 11) is 3.13. The first kappa shape index (κ1) is 24.0. The summed E-state index contributed by atoms with van der Waals surface area (Å²) in [6, 6.07) is 5.44. The fourth-order valence-corrected chi connectivity index (χ4v) is 3.36. The minimum absolute atomic E-state index is 0.0168. The number of aryl methyl sites for hydroxylation is 1. The Labute approximate surface area is 181 Å². The van der Waals surface area contributed by atoms with E-state index in [1.54, 1.807) is 20.3 Å². The number of nitrogens with one attached hydrogen (secondary N) is 1. The molecule has 0 saturated carbocycles. The van der Waals surface area contributed by atoms with Crippen LogP contribution in [0.4, 0.5) is 11.5 Å². The lowest BCUT2D eigenvalue weighted by Gasteiger charge is -2.24. The molecule has 0 saturated heterocycles. The van der Waals surface area contributed by atoms with Gasteiger partial charge >= 0.3 is 5.69 Å². The molecule has 0 aliphatic heterocycles. The number of carbonyl (C=O) groups is 1. The van der Waals surface area contributed by atoms with Crippen LogP contribution in [0.2, 0.25) is 0 Å². The summed E-state index contributed by atoms with van der Waals surface area (Å²) in [4.78, 5) is 41.6. The van der Waals surface area contributed by atoms with Gasteiger partial charge in [0.05, 0.1) is 14.2 Å². The van der Waals surface area contributed by atoms with E-state index >= 15 is 0 Å². The molecule has 0 unspecified atom stereocenters. The average Bonchev–Trinajstić information content (AvgIpc) is 2.76. The highest BCUT2D eigenvalue weighted by atomic mass is 16.5. The minimum Gasteiger partial charge on any atom is -0.497 e. The maximum absolute atomic E-state index is 13.2. The first-order valence-corrected chi connectivity index (χ1v) is 10.5. The van der Waals surface area contributed by atoms with Crippen LogP contribution in [0.3, 0.4) is 0 Å². The first-order chi connectivity index (χ1) is 14.9. The van der Waals surface area contributed by atoms with E-state index in [0.29, 0.717) is 43.9 Å². The maximum atomic E-state index is 13.2. The maximum Gasteiger partial charge on any atom is 0.330 e. The van der Waals surface area contributed by atoms with Gasteiger partial charge in [-0.3, -0.25) is 19.1 Å². The van der Waals surface area contributed by atoms with E-state index in [2.05, 4.69) is 4.98 Å². The number of methoxy groups -OCH3 is 2. The van der Waals surface area contributed by atoms with Crippen molar-refractivity contribution in [2.24, 2.45) is 0 Å².